The van der Waals surface area contributed by atoms with Gasteiger partial charge >= 0.3 is 0 Å². The van der Waals surface area contributed by atoms with Crippen LogP contribution in [-0.4, -0.2) is 38.4 Å². The Morgan fingerprint density at radius 1 is 1.35 bits per heavy atom. The number of anilines is 2. The maximum absolute atomic E-state index is 5.70. The first-order chi connectivity index (χ1) is 8.24. The molecule has 0 unspecified atom stereocenters. The smallest absolute Gasteiger partial charge is 0.171 e. The van der Waals surface area contributed by atoms with Crippen molar-refractivity contribution in [3.63, 3.8) is 0 Å². The lowest BCUT2D eigenvalue weighted by atomic mass is 10.1. The summed E-state index contributed by atoms with van der Waals surface area (Å²) in [5, 5.41) is 0. The lowest BCUT2D eigenvalue weighted by Gasteiger charge is -2.32. The number of nitrogens with two attached hydrogens (primary N) is 1. The van der Waals surface area contributed by atoms with Gasteiger partial charge in [0.25, 0.3) is 0 Å². The van der Waals surface area contributed by atoms with E-state index in [1.54, 1.807) is 20.4 Å². The molecular weight excluding hydrogens is 218 g/mol. The average Bonchev–Trinajstić information content (AvgIpc) is 2.39. The quantitative estimate of drug-likeness (QED) is 0.858. The van der Waals surface area contributed by atoms with E-state index in [1.807, 2.05) is 6.07 Å². The zero-order chi connectivity index (χ0) is 12.3. The number of nitrogens with zero attached hydrogens (tertiary/aromatic N) is 2. The van der Waals surface area contributed by atoms with Gasteiger partial charge in [0.15, 0.2) is 11.6 Å². The Morgan fingerprint density at radius 3 is 2.65 bits per heavy atom. The Balaban J connectivity index is 2.12. The van der Waals surface area contributed by atoms with Crippen molar-refractivity contribution in [2.24, 2.45) is 0 Å². The lowest BCUT2D eigenvalue weighted by molar-refractivity contribution is 0.0817. The molecule has 0 amide bonds. The predicted octanol–water partition coefficient (Wildman–Crippen LogP) is 1.29. The molecule has 2 rings (SSSR count). The minimum atomic E-state index is 0.367. The molecule has 0 spiro atoms. The van der Waals surface area contributed by atoms with E-state index in [1.165, 1.54) is 0 Å². The van der Waals surface area contributed by atoms with Gasteiger partial charge in [0.05, 0.1) is 25.1 Å². The van der Waals surface area contributed by atoms with Gasteiger partial charge in [-0.2, -0.15) is 0 Å². The zero-order valence-electron chi connectivity index (χ0n) is 10.3. The summed E-state index contributed by atoms with van der Waals surface area (Å²) in [4.78, 5) is 6.57. The SMILES string of the molecule is COc1cc(N)cnc1N1CCC(OC)CC1. The molecule has 1 aliphatic heterocycles. The molecule has 1 saturated heterocycles. The monoisotopic (exact) mass is 237 g/mol. The summed E-state index contributed by atoms with van der Waals surface area (Å²) >= 11 is 0. The molecule has 1 aromatic rings. The molecule has 5 heteroatoms. The second kappa shape index (κ2) is 5.23. The van der Waals surface area contributed by atoms with Gasteiger partial charge in [-0.15, -0.1) is 0 Å². The Bertz CT molecular complexity index is 376. The highest BCUT2D eigenvalue weighted by Crippen LogP contribution is 2.29. The van der Waals surface area contributed by atoms with Crippen molar-refractivity contribution < 1.29 is 9.47 Å². The van der Waals surface area contributed by atoms with E-state index in [0.717, 1.165) is 37.5 Å². The number of hydrogen-bond donors (Lipinski definition) is 1. The summed E-state index contributed by atoms with van der Waals surface area (Å²) in [7, 11) is 3.41. The number of rotatable bonds is 3. The number of aromatic nitrogens is 1. The van der Waals surface area contributed by atoms with Gasteiger partial charge in [0.2, 0.25) is 0 Å². The molecule has 94 valence electrons. The summed E-state index contributed by atoms with van der Waals surface area (Å²) in [6, 6.07) is 1.81. The Hall–Kier alpha value is -1.49. The van der Waals surface area contributed by atoms with Gasteiger partial charge in [-0.3, -0.25) is 0 Å². The van der Waals surface area contributed by atoms with Crippen molar-refractivity contribution in [2.75, 3.05) is 37.9 Å². The van der Waals surface area contributed by atoms with Crippen LogP contribution in [0.2, 0.25) is 0 Å². The van der Waals surface area contributed by atoms with Crippen LogP contribution in [0, 0.1) is 0 Å². The van der Waals surface area contributed by atoms with Crippen molar-refractivity contribution in [1.29, 1.82) is 0 Å². The van der Waals surface area contributed by atoms with Gasteiger partial charge in [0, 0.05) is 26.3 Å². The fourth-order valence-electron chi connectivity index (χ4n) is 2.14. The van der Waals surface area contributed by atoms with Crippen LogP contribution in [-0.2, 0) is 4.74 Å². The third-order valence-electron chi connectivity index (χ3n) is 3.15. The molecule has 1 aromatic heterocycles. The highest BCUT2D eigenvalue weighted by molar-refractivity contribution is 5.58. The third-order valence-corrected chi connectivity index (χ3v) is 3.15. The molecule has 0 atom stereocenters. The van der Waals surface area contributed by atoms with Crippen molar-refractivity contribution in [3.8, 4) is 5.75 Å². The molecular formula is C12H19N3O2. The topological polar surface area (TPSA) is 60.6 Å². The highest BCUT2D eigenvalue weighted by Gasteiger charge is 2.22. The first-order valence-corrected chi connectivity index (χ1v) is 5.82. The highest BCUT2D eigenvalue weighted by atomic mass is 16.5. The van der Waals surface area contributed by atoms with Gasteiger partial charge in [-0.1, -0.05) is 0 Å². The lowest BCUT2D eigenvalue weighted by Crippen LogP contribution is -2.37. The zero-order valence-corrected chi connectivity index (χ0v) is 10.3. The summed E-state index contributed by atoms with van der Waals surface area (Å²) in [5.74, 6) is 1.61. The maximum Gasteiger partial charge on any atom is 0.171 e. The molecule has 17 heavy (non-hydrogen) atoms. The van der Waals surface area contributed by atoms with Crippen LogP contribution in [0.15, 0.2) is 12.3 Å². The van der Waals surface area contributed by atoms with Crippen molar-refractivity contribution in [1.82, 2.24) is 4.98 Å². The van der Waals surface area contributed by atoms with Crippen molar-refractivity contribution >= 4 is 11.5 Å². The summed E-state index contributed by atoms with van der Waals surface area (Å²) in [6.45, 7) is 1.87. The number of piperidine rings is 1. The largest absolute Gasteiger partial charge is 0.493 e. The van der Waals surface area contributed by atoms with Gasteiger partial charge in [-0.25, -0.2) is 4.98 Å². The summed E-state index contributed by atoms with van der Waals surface area (Å²) in [6.07, 6.45) is 4.07. The number of hydrogen-bond acceptors (Lipinski definition) is 5. The summed E-state index contributed by atoms with van der Waals surface area (Å²) in [5.41, 5.74) is 6.32. The normalized spacial score (nSPS) is 17.2. The molecule has 0 radical (unpaired) electrons. The van der Waals surface area contributed by atoms with E-state index in [4.69, 9.17) is 15.2 Å². The second-order valence-corrected chi connectivity index (χ2v) is 4.22. The van der Waals surface area contributed by atoms with Crippen LogP contribution in [0.4, 0.5) is 11.5 Å². The molecule has 1 fully saturated rings. The van der Waals surface area contributed by atoms with E-state index in [9.17, 15) is 0 Å². The van der Waals surface area contributed by atoms with E-state index in [-0.39, 0.29) is 0 Å². The van der Waals surface area contributed by atoms with E-state index in [2.05, 4.69) is 9.88 Å². The average molecular weight is 237 g/mol. The standard InChI is InChI=1S/C12H19N3O2/c1-16-10-3-5-15(6-4-10)12-11(17-2)7-9(13)8-14-12/h7-8,10H,3-6,13H2,1-2H3. The minimum Gasteiger partial charge on any atom is -0.493 e. The van der Waals surface area contributed by atoms with Crippen LogP contribution in [0.25, 0.3) is 0 Å². The van der Waals surface area contributed by atoms with Crippen LogP contribution >= 0.6 is 0 Å². The number of methoxy groups -OCH3 is 2. The Kier molecular flexibility index (Phi) is 3.68. The number of nitrogen functional groups attached to an aromatic ring is 1. The molecule has 5 nitrogen and oxygen atoms in total. The number of ether oxygens (including phenoxy) is 2. The minimum absolute atomic E-state index is 0.367. The van der Waals surface area contributed by atoms with Gasteiger partial charge in [0.1, 0.15) is 0 Å². The third kappa shape index (κ3) is 2.61. The Morgan fingerprint density at radius 2 is 2.06 bits per heavy atom. The first kappa shape index (κ1) is 12.0. The summed E-state index contributed by atoms with van der Waals surface area (Å²) < 4.78 is 10.7. The molecule has 0 bridgehead atoms. The van der Waals surface area contributed by atoms with Crippen LogP contribution in [0.1, 0.15) is 12.8 Å². The fraction of sp³-hybridized carbons (Fsp3) is 0.583. The van der Waals surface area contributed by atoms with Gasteiger partial charge < -0.3 is 20.1 Å². The molecule has 2 heterocycles. The van der Waals surface area contributed by atoms with Crippen LogP contribution < -0.4 is 15.4 Å². The predicted molar refractivity (Wildman–Crippen MR) is 67.4 cm³/mol. The van der Waals surface area contributed by atoms with E-state index >= 15 is 0 Å². The molecule has 1 aliphatic rings. The van der Waals surface area contributed by atoms with Gasteiger partial charge in [-0.05, 0) is 12.8 Å². The maximum atomic E-state index is 5.70. The Labute approximate surface area is 102 Å². The molecule has 2 N–H and O–H groups in total. The van der Waals surface area contributed by atoms with Crippen molar-refractivity contribution in [3.05, 3.63) is 12.3 Å². The second-order valence-electron chi connectivity index (χ2n) is 4.22. The number of pyridine rings is 1. The molecule has 0 aromatic carbocycles. The van der Waals surface area contributed by atoms with E-state index in [0.29, 0.717) is 11.8 Å². The van der Waals surface area contributed by atoms with E-state index < -0.39 is 0 Å². The first-order valence-electron chi connectivity index (χ1n) is 5.82. The van der Waals surface area contributed by atoms with Crippen LogP contribution in [0.3, 0.4) is 0 Å². The fourth-order valence-corrected chi connectivity index (χ4v) is 2.14. The van der Waals surface area contributed by atoms with Crippen LogP contribution in [0.5, 0.6) is 5.75 Å². The molecule has 0 aliphatic carbocycles. The molecule has 0 saturated carbocycles. The van der Waals surface area contributed by atoms with Crippen molar-refractivity contribution in [2.45, 2.75) is 18.9 Å².